The Balaban J connectivity index is 1.81. The lowest BCUT2D eigenvalue weighted by atomic mass is 10.1. The number of nitrogens with one attached hydrogen (secondary N) is 2. The summed E-state index contributed by atoms with van der Waals surface area (Å²) in [7, 11) is 0. The molecule has 1 aliphatic carbocycles. The van der Waals surface area contributed by atoms with Crippen molar-refractivity contribution in [3.05, 3.63) is 35.4 Å². The second-order valence-corrected chi connectivity index (χ2v) is 5.85. The molecule has 0 heterocycles. The molecule has 3 N–H and O–H groups in total. The second-order valence-electron chi connectivity index (χ2n) is 5.85. The van der Waals surface area contributed by atoms with E-state index in [-0.39, 0.29) is 18.2 Å². The van der Waals surface area contributed by atoms with Crippen LogP contribution in [0, 0.1) is 0 Å². The van der Waals surface area contributed by atoms with Crippen LogP contribution >= 0.6 is 0 Å². The fourth-order valence-corrected chi connectivity index (χ4v) is 2.53. The van der Waals surface area contributed by atoms with Gasteiger partial charge < -0.3 is 15.2 Å². The molecule has 0 radical (unpaired) electrons. The van der Waals surface area contributed by atoms with Crippen LogP contribution in [-0.4, -0.2) is 35.2 Å². The van der Waals surface area contributed by atoms with E-state index in [2.05, 4.69) is 10.6 Å². The molecule has 1 fully saturated rings. The summed E-state index contributed by atoms with van der Waals surface area (Å²) in [6.07, 6.45) is 2.87. The third kappa shape index (κ3) is 5.06. The number of hydrogen-bond donors (Lipinski definition) is 3. The second kappa shape index (κ2) is 8.44. The van der Waals surface area contributed by atoms with Crippen molar-refractivity contribution < 1.29 is 24.2 Å². The predicted molar refractivity (Wildman–Crippen MR) is 86.2 cm³/mol. The lowest BCUT2D eigenvalue weighted by molar-refractivity contribution is -0.127. The molecule has 0 unspecified atom stereocenters. The largest absolute Gasteiger partial charge is 0.449 e. The van der Waals surface area contributed by atoms with E-state index in [1.807, 2.05) is 0 Å². The standard InChI is InChI=1S/C17H22N2O5/c1-11(15(21)19-17(23)18-14-4-2-3-5-14)24-16(22)13-8-6-12(10-20)7-9-13/h6-9,11,14,20H,2-5,10H2,1H3,(H2,18,19,21,23)/t11-/m0/s1. The van der Waals surface area contributed by atoms with Gasteiger partial charge in [0, 0.05) is 6.04 Å². The zero-order valence-corrected chi connectivity index (χ0v) is 13.6. The van der Waals surface area contributed by atoms with E-state index in [0.717, 1.165) is 25.7 Å². The summed E-state index contributed by atoms with van der Waals surface area (Å²) in [5.41, 5.74) is 0.934. The van der Waals surface area contributed by atoms with E-state index in [4.69, 9.17) is 9.84 Å². The van der Waals surface area contributed by atoms with Crippen molar-refractivity contribution >= 4 is 17.9 Å². The first-order valence-corrected chi connectivity index (χ1v) is 8.01. The molecule has 7 nitrogen and oxygen atoms in total. The van der Waals surface area contributed by atoms with E-state index in [0.29, 0.717) is 5.56 Å². The number of imide groups is 1. The van der Waals surface area contributed by atoms with Gasteiger partial charge in [0.25, 0.3) is 5.91 Å². The SMILES string of the molecule is C[C@H](OC(=O)c1ccc(CO)cc1)C(=O)NC(=O)NC1CCCC1. The molecule has 0 saturated heterocycles. The molecule has 0 aromatic heterocycles. The fraction of sp³-hybridized carbons (Fsp3) is 0.471. The van der Waals surface area contributed by atoms with Crippen molar-refractivity contribution in [2.24, 2.45) is 0 Å². The van der Waals surface area contributed by atoms with Gasteiger partial charge >= 0.3 is 12.0 Å². The van der Waals surface area contributed by atoms with Crippen molar-refractivity contribution in [2.45, 2.75) is 51.4 Å². The van der Waals surface area contributed by atoms with E-state index in [9.17, 15) is 14.4 Å². The average Bonchev–Trinajstić information content (AvgIpc) is 3.07. The molecule has 1 atom stereocenters. The molecular formula is C17H22N2O5. The van der Waals surface area contributed by atoms with Gasteiger partial charge in [-0.2, -0.15) is 0 Å². The van der Waals surface area contributed by atoms with Crippen LogP contribution < -0.4 is 10.6 Å². The monoisotopic (exact) mass is 334 g/mol. The lowest BCUT2D eigenvalue weighted by Crippen LogP contribution is -2.47. The van der Waals surface area contributed by atoms with Crippen molar-refractivity contribution in [2.75, 3.05) is 0 Å². The molecule has 130 valence electrons. The topological polar surface area (TPSA) is 105 Å². The third-order valence-electron chi connectivity index (χ3n) is 3.95. The minimum Gasteiger partial charge on any atom is -0.449 e. The summed E-state index contributed by atoms with van der Waals surface area (Å²) in [5, 5.41) is 13.9. The Hall–Kier alpha value is -2.41. The van der Waals surface area contributed by atoms with Crippen LogP contribution in [0.3, 0.4) is 0 Å². The van der Waals surface area contributed by atoms with Crippen molar-refractivity contribution in [1.82, 2.24) is 10.6 Å². The zero-order chi connectivity index (χ0) is 17.5. The molecule has 1 aromatic rings. The number of hydrogen-bond acceptors (Lipinski definition) is 5. The number of benzene rings is 1. The Bertz CT molecular complexity index is 594. The van der Waals surface area contributed by atoms with Crippen LogP contribution in [0.4, 0.5) is 4.79 Å². The molecule has 1 aliphatic rings. The van der Waals surface area contributed by atoms with Crippen LogP contribution in [0.5, 0.6) is 0 Å². The third-order valence-corrected chi connectivity index (χ3v) is 3.95. The minimum absolute atomic E-state index is 0.0979. The molecule has 3 amide bonds. The maximum absolute atomic E-state index is 12.0. The maximum atomic E-state index is 12.0. The van der Waals surface area contributed by atoms with Gasteiger partial charge in [0.1, 0.15) is 0 Å². The van der Waals surface area contributed by atoms with Crippen LogP contribution in [-0.2, 0) is 16.1 Å². The number of aliphatic hydroxyl groups is 1. The summed E-state index contributed by atoms with van der Waals surface area (Å²) >= 11 is 0. The predicted octanol–water partition coefficient (Wildman–Crippen LogP) is 1.49. The number of esters is 1. The van der Waals surface area contributed by atoms with Crippen molar-refractivity contribution in [3.8, 4) is 0 Å². The highest BCUT2D eigenvalue weighted by Crippen LogP contribution is 2.17. The molecule has 2 rings (SSSR count). The number of rotatable bonds is 5. The summed E-state index contributed by atoms with van der Waals surface area (Å²) in [6, 6.07) is 5.73. The normalized spacial score (nSPS) is 15.6. The number of carbonyl (C=O) groups excluding carboxylic acids is 3. The molecule has 7 heteroatoms. The molecule has 0 spiro atoms. The summed E-state index contributed by atoms with van der Waals surface area (Å²) < 4.78 is 5.05. The summed E-state index contributed by atoms with van der Waals surface area (Å²) in [5.74, 6) is -1.34. The molecule has 0 aliphatic heterocycles. The van der Waals surface area contributed by atoms with Crippen LogP contribution in [0.1, 0.15) is 48.5 Å². The van der Waals surface area contributed by atoms with E-state index < -0.39 is 24.0 Å². The quantitative estimate of drug-likeness (QED) is 0.708. The molecular weight excluding hydrogens is 312 g/mol. The smallest absolute Gasteiger partial charge is 0.338 e. The summed E-state index contributed by atoms with van der Waals surface area (Å²) in [4.78, 5) is 35.6. The van der Waals surface area contributed by atoms with Crippen molar-refractivity contribution in [1.29, 1.82) is 0 Å². The van der Waals surface area contributed by atoms with Crippen LogP contribution in [0.25, 0.3) is 0 Å². The molecule has 1 saturated carbocycles. The molecule has 24 heavy (non-hydrogen) atoms. The van der Waals surface area contributed by atoms with Gasteiger partial charge in [-0.05, 0) is 37.5 Å². The highest BCUT2D eigenvalue weighted by atomic mass is 16.5. The number of aliphatic hydroxyl groups excluding tert-OH is 1. The Morgan fingerprint density at radius 3 is 2.42 bits per heavy atom. The van der Waals surface area contributed by atoms with Gasteiger partial charge in [0.2, 0.25) is 0 Å². The Morgan fingerprint density at radius 2 is 1.83 bits per heavy atom. The van der Waals surface area contributed by atoms with E-state index in [1.54, 1.807) is 12.1 Å². The number of ether oxygens (including phenoxy) is 1. The van der Waals surface area contributed by atoms with E-state index in [1.165, 1.54) is 19.1 Å². The Labute approximate surface area is 140 Å². The maximum Gasteiger partial charge on any atom is 0.338 e. The first kappa shape index (κ1) is 17.9. The lowest BCUT2D eigenvalue weighted by Gasteiger charge is -2.15. The highest BCUT2D eigenvalue weighted by Gasteiger charge is 2.23. The van der Waals surface area contributed by atoms with E-state index >= 15 is 0 Å². The Kier molecular flexibility index (Phi) is 6.31. The minimum atomic E-state index is -1.09. The first-order valence-electron chi connectivity index (χ1n) is 8.01. The van der Waals surface area contributed by atoms with Crippen molar-refractivity contribution in [3.63, 3.8) is 0 Å². The van der Waals surface area contributed by atoms with Gasteiger partial charge in [0.05, 0.1) is 12.2 Å². The fourth-order valence-electron chi connectivity index (χ4n) is 2.53. The van der Waals surface area contributed by atoms with Crippen LogP contribution in [0.2, 0.25) is 0 Å². The average molecular weight is 334 g/mol. The highest BCUT2D eigenvalue weighted by molar-refractivity contribution is 5.98. The molecule has 0 bridgehead atoms. The number of urea groups is 1. The van der Waals surface area contributed by atoms with Gasteiger partial charge in [-0.25, -0.2) is 9.59 Å². The van der Waals surface area contributed by atoms with Gasteiger partial charge in [-0.15, -0.1) is 0 Å². The van der Waals surface area contributed by atoms with Crippen LogP contribution in [0.15, 0.2) is 24.3 Å². The number of carbonyl (C=O) groups is 3. The first-order chi connectivity index (χ1) is 11.5. The van der Waals surface area contributed by atoms with Gasteiger partial charge in [0.15, 0.2) is 6.10 Å². The molecule has 1 aromatic carbocycles. The van der Waals surface area contributed by atoms with Gasteiger partial charge in [-0.1, -0.05) is 25.0 Å². The number of amides is 3. The van der Waals surface area contributed by atoms with Gasteiger partial charge in [-0.3, -0.25) is 10.1 Å². The zero-order valence-electron chi connectivity index (χ0n) is 13.6. The summed E-state index contributed by atoms with van der Waals surface area (Å²) in [6.45, 7) is 1.28. The Morgan fingerprint density at radius 1 is 1.21 bits per heavy atom.